The molecule has 80 valence electrons. The second-order valence-electron chi connectivity index (χ2n) is 3.35. The van der Waals surface area contributed by atoms with E-state index in [2.05, 4.69) is 5.32 Å². The summed E-state index contributed by atoms with van der Waals surface area (Å²) in [4.78, 5) is 13.0. The Morgan fingerprint density at radius 2 is 2.00 bits per heavy atom. The van der Waals surface area contributed by atoms with Crippen molar-refractivity contribution in [1.29, 1.82) is 0 Å². The van der Waals surface area contributed by atoms with Gasteiger partial charge in [0.25, 0.3) is 0 Å². The van der Waals surface area contributed by atoms with E-state index in [0.717, 1.165) is 5.56 Å². The van der Waals surface area contributed by atoms with Gasteiger partial charge in [-0.05, 0) is 12.1 Å². The fraction of sp³-hybridized carbons (Fsp3) is 0.300. The molecule has 5 heteroatoms. The first-order valence-corrected chi connectivity index (χ1v) is 5.40. The van der Waals surface area contributed by atoms with E-state index in [1.165, 1.54) is 0 Å². The quantitative estimate of drug-likeness (QED) is 0.853. The van der Waals surface area contributed by atoms with Crippen molar-refractivity contribution >= 4 is 29.2 Å². The first-order valence-electron chi connectivity index (χ1n) is 4.64. The van der Waals surface area contributed by atoms with Gasteiger partial charge in [-0.25, -0.2) is 4.79 Å². The molecule has 3 nitrogen and oxygen atoms in total. The number of urea groups is 1. The molecule has 0 atom stereocenters. The van der Waals surface area contributed by atoms with Crippen molar-refractivity contribution in [2.75, 3.05) is 13.1 Å². The normalized spacial score (nSPS) is 15.6. The van der Waals surface area contributed by atoms with Gasteiger partial charge in [-0.3, -0.25) is 0 Å². The van der Waals surface area contributed by atoms with Crippen LogP contribution in [-0.4, -0.2) is 24.0 Å². The van der Waals surface area contributed by atoms with Crippen molar-refractivity contribution in [2.45, 2.75) is 6.54 Å². The summed E-state index contributed by atoms with van der Waals surface area (Å²) in [6.07, 6.45) is 0. The van der Waals surface area contributed by atoms with Crippen LogP contribution in [0, 0.1) is 0 Å². The van der Waals surface area contributed by atoms with Crippen molar-refractivity contribution < 1.29 is 4.79 Å². The van der Waals surface area contributed by atoms with Crippen LogP contribution in [0.1, 0.15) is 5.56 Å². The van der Waals surface area contributed by atoms with E-state index in [1.54, 1.807) is 23.1 Å². The highest BCUT2D eigenvalue weighted by Gasteiger charge is 2.21. The maximum Gasteiger partial charge on any atom is 0.317 e. The van der Waals surface area contributed by atoms with Crippen LogP contribution in [0.15, 0.2) is 18.2 Å². The predicted octanol–water partition coefficient (Wildman–Crippen LogP) is 2.52. The van der Waals surface area contributed by atoms with E-state index in [4.69, 9.17) is 23.2 Å². The fourth-order valence-electron chi connectivity index (χ4n) is 1.54. The largest absolute Gasteiger partial charge is 0.336 e. The van der Waals surface area contributed by atoms with Gasteiger partial charge in [-0.15, -0.1) is 0 Å². The summed E-state index contributed by atoms with van der Waals surface area (Å²) >= 11 is 12.0. The van der Waals surface area contributed by atoms with Crippen molar-refractivity contribution in [3.8, 4) is 0 Å². The number of halogens is 2. The third-order valence-corrected chi connectivity index (χ3v) is 3.06. The van der Waals surface area contributed by atoms with E-state index in [-0.39, 0.29) is 6.03 Å². The molecular weight excluding hydrogens is 235 g/mol. The van der Waals surface area contributed by atoms with Crippen molar-refractivity contribution in [3.63, 3.8) is 0 Å². The molecule has 0 spiro atoms. The highest BCUT2D eigenvalue weighted by molar-refractivity contribution is 6.36. The Morgan fingerprint density at radius 3 is 2.53 bits per heavy atom. The number of nitrogens with zero attached hydrogens (tertiary/aromatic N) is 1. The maximum atomic E-state index is 11.3. The van der Waals surface area contributed by atoms with Crippen molar-refractivity contribution in [1.82, 2.24) is 10.2 Å². The number of amides is 2. The van der Waals surface area contributed by atoms with Crippen molar-refractivity contribution in [3.05, 3.63) is 33.8 Å². The average Bonchev–Trinajstić information content (AvgIpc) is 2.58. The third-order valence-electron chi connectivity index (χ3n) is 2.36. The molecule has 0 saturated carbocycles. The molecule has 0 aromatic heterocycles. The third kappa shape index (κ3) is 2.19. The summed E-state index contributed by atoms with van der Waals surface area (Å²) in [5.41, 5.74) is 0.804. The van der Waals surface area contributed by atoms with Gasteiger partial charge in [0.1, 0.15) is 0 Å². The Morgan fingerprint density at radius 1 is 1.33 bits per heavy atom. The first-order chi connectivity index (χ1) is 7.18. The van der Waals surface area contributed by atoms with E-state index in [9.17, 15) is 4.79 Å². The van der Waals surface area contributed by atoms with E-state index < -0.39 is 0 Å². The number of nitrogens with one attached hydrogen (secondary N) is 1. The van der Waals surface area contributed by atoms with E-state index in [1.807, 2.05) is 0 Å². The van der Waals surface area contributed by atoms with Crippen LogP contribution in [0.2, 0.25) is 10.0 Å². The molecule has 1 saturated heterocycles. The first kappa shape index (κ1) is 10.6. The predicted molar refractivity (Wildman–Crippen MR) is 60.3 cm³/mol. The number of hydrogen-bond donors (Lipinski definition) is 1. The van der Waals surface area contributed by atoms with Crippen LogP contribution < -0.4 is 5.32 Å². The number of hydrogen-bond acceptors (Lipinski definition) is 1. The molecule has 0 radical (unpaired) electrons. The van der Waals surface area contributed by atoms with Crippen molar-refractivity contribution in [2.24, 2.45) is 0 Å². The van der Waals surface area contributed by atoms with Gasteiger partial charge in [0, 0.05) is 28.7 Å². The monoisotopic (exact) mass is 244 g/mol. The zero-order valence-electron chi connectivity index (χ0n) is 7.96. The number of carbonyl (C=O) groups is 1. The van der Waals surface area contributed by atoms with Crippen LogP contribution in [0.4, 0.5) is 4.79 Å². The molecule has 1 aliphatic rings. The number of carbonyl (C=O) groups excluding carboxylic acids is 1. The second kappa shape index (κ2) is 4.29. The highest BCUT2D eigenvalue weighted by atomic mass is 35.5. The zero-order valence-corrected chi connectivity index (χ0v) is 9.48. The summed E-state index contributed by atoms with van der Waals surface area (Å²) in [6, 6.07) is 5.28. The number of benzene rings is 1. The van der Waals surface area contributed by atoms with E-state index >= 15 is 0 Å². The molecule has 0 bridgehead atoms. The summed E-state index contributed by atoms with van der Waals surface area (Å²) < 4.78 is 0. The minimum absolute atomic E-state index is 0.0639. The molecule has 1 N–H and O–H groups in total. The van der Waals surface area contributed by atoms with Gasteiger partial charge in [-0.1, -0.05) is 29.3 Å². The summed E-state index contributed by atoms with van der Waals surface area (Å²) in [5, 5.41) is 3.93. The van der Waals surface area contributed by atoms with Gasteiger partial charge in [0.15, 0.2) is 0 Å². The molecule has 1 aromatic carbocycles. The van der Waals surface area contributed by atoms with Crippen LogP contribution in [-0.2, 0) is 6.54 Å². The maximum absolute atomic E-state index is 11.3. The fourth-order valence-corrected chi connectivity index (χ4v) is 2.05. The van der Waals surface area contributed by atoms with E-state index in [0.29, 0.717) is 29.7 Å². The summed E-state index contributed by atoms with van der Waals surface area (Å²) in [5.74, 6) is 0. The topological polar surface area (TPSA) is 32.3 Å². The van der Waals surface area contributed by atoms with Gasteiger partial charge in [-0.2, -0.15) is 0 Å². The highest BCUT2D eigenvalue weighted by Crippen LogP contribution is 2.25. The Bertz CT molecular complexity index is 375. The minimum atomic E-state index is -0.0639. The molecule has 1 aromatic rings. The molecule has 1 heterocycles. The lowest BCUT2D eigenvalue weighted by atomic mass is 10.2. The van der Waals surface area contributed by atoms with Gasteiger partial charge in [0.05, 0.1) is 6.54 Å². The standard InChI is InChI=1S/C10H10Cl2N2O/c11-8-2-1-3-9(12)7(8)6-14-5-4-13-10(14)15/h1-3H,4-6H2,(H,13,15). The lowest BCUT2D eigenvalue weighted by Gasteiger charge is -2.15. The Balaban J connectivity index is 2.20. The molecule has 1 aliphatic heterocycles. The minimum Gasteiger partial charge on any atom is -0.336 e. The van der Waals surface area contributed by atoms with Gasteiger partial charge >= 0.3 is 6.03 Å². The Labute approximate surface area is 98.0 Å². The smallest absolute Gasteiger partial charge is 0.317 e. The second-order valence-corrected chi connectivity index (χ2v) is 4.17. The molecule has 2 rings (SSSR count). The Kier molecular flexibility index (Phi) is 3.03. The van der Waals surface area contributed by atoms with Gasteiger partial charge in [0.2, 0.25) is 0 Å². The molecule has 2 amide bonds. The molecule has 1 fully saturated rings. The van der Waals surface area contributed by atoms with Crippen LogP contribution in [0.25, 0.3) is 0 Å². The van der Waals surface area contributed by atoms with Crippen LogP contribution >= 0.6 is 23.2 Å². The SMILES string of the molecule is O=C1NCCN1Cc1c(Cl)cccc1Cl. The average molecular weight is 245 g/mol. The summed E-state index contributed by atoms with van der Waals surface area (Å²) in [7, 11) is 0. The lowest BCUT2D eigenvalue weighted by molar-refractivity contribution is 0.215. The van der Waals surface area contributed by atoms with Crippen LogP contribution in [0.5, 0.6) is 0 Å². The summed E-state index contributed by atoms with van der Waals surface area (Å²) in [6.45, 7) is 1.84. The Hall–Kier alpha value is -0.930. The number of rotatable bonds is 2. The molecule has 0 aliphatic carbocycles. The molecular formula is C10H10Cl2N2O. The lowest BCUT2D eigenvalue weighted by Crippen LogP contribution is -2.27. The van der Waals surface area contributed by atoms with Crippen LogP contribution in [0.3, 0.4) is 0 Å². The molecule has 15 heavy (non-hydrogen) atoms. The molecule has 0 unspecified atom stereocenters. The van der Waals surface area contributed by atoms with Gasteiger partial charge < -0.3 is 10.2 Å². The zero-order chi connectivity index (χ0) is 10.8.